The van der Waals surface area contributed by atoms with E-state index in [0.29, 0.717) is 16.8 Å². The van der Waals surface area contributed by atoms with Gasteiger partial charge in [0.25, 0.3) is 5.91 Å². The first kappa shape index (κ1) is 18.2. The van der Waals surface area contributed by atoms with Crippen LogP contribution in [0.1, 0.15) is 52.9 Å². The third-order valence-corrected chi connectivity index (χ3v) is 3.45. The molecule has 0 radical (unpaired) electrons. The number of aromatic nitrogens is 1. The first-order chi connectivity index (χ1) is 9.79. The number of halogens is 3. The maximum absolute atomic E-state index is 12.6. The Kier molecular flexibility index (Phi) is 4.76. The fraction of sp³-hybridized carbons (Fsp3) is 0.571. The standard InChI is InChI=1S/C14H19F3N2O3/c1-6-9(8(3)20)7(2)18-10(6)11(21)19-13(4,5)12(22)14(15,16)17/h12,18,22H,1-5H3,(H,19,21). The molecule has 0 aliphatic rings. The topological polar surface area (TPSA) is 82.2 Å². The van der Waals surface area contributed by atoms with Crippen LogP contribution in [0.15, 0.2) is 0 Å². The minimum absolute atomic E-state index is 0.00477. The van der Waals surface area contributed by atoms with Gasteiger partial charge in [0, 0.05) is 11.3 Å². The number of H-pyrrole nitrogens is 1. The molecule has 1 rings (SSSR count). The van der Waals surface area contributed by atoms with E-state index in [0.717, 1.165) is 13.8 Å². The number of rotatable bonds is 4. The Morgan fingerprint density at radius 3 is 2.09 bits per heavy atom. The van der Waals surface area contributed by atoms with Crippen LogP contribution in [0.5, 0.6) is 0 Å². The van der Waals surface area contributed by atoms with Crippen molar-refractivity contribution < 1.29 is 27.9 Å². The molecule has 22 heavy (non-hydrogen) atoms. The molecule has 1 aromatic heterocycles. The molecular formula is C14H19F3N2O3. The van der Waals surface area contributed by atoms with Gasteiger partial charge in [0.2, 0.25) is 0 Å². The van der Waals surface area contributed by atoms with Crippen LogP contribution in [0.25, 0.3) is 0 Å². The van der Waals surface area contributed by atoms with E-state index in [1.54, 1.807) is 6.92 Å². The van der Waals surface area contributed by atoms with Gasteiger partial charge in [-0.2, -0.15) is 13.2 Å². The van der Waals surface area contributed by atoms with Gasteiger partial charge >= 0.3 is 6.18 Å². The van der Waals surface area contributed by atoms with Gasteiger partial charge in [-0.25, -0.2) is 0 Å². The fourth-order valence-corrected chi connectivity index (χ4v) is 2.34. The van der Waals surface area contributed by atoms with E-state index in [-0.39, 0.29) is 11.5 Å². The summed E-state index contributed by atoms with van der Waals surface area (Å²) < 4.78 is 37.8. The van der Waals surface area contributed by atoms with E-state index in [9.17, 15) is 27.9 Å². The zero-order valence-corrected chi connectivity index (χ0v) is 13.0. The molecule has 0 aliphatic heterocycles. The van der Waals surface area contributed by atoms with Gasteiger partial charge in [-0.3, -0.25) is 9.59 Å². The number of aromatic amines is 1. The maximum Gasteiger partial charge on any atom is 0.416 e. The molecule has 1 atom stereocenters. The van der Waals surface area contributed by atoms with Crippen molar-refractivity contribution in [3.63, 3.8) is 0 Å². The Morgan fingerprint density at radius 2 is 1.73 bits per heavy atom. The monoisotopic (exact) mass is 320 g/mol. The molecule has 1 aromatic rings. The maximum atomic E-state index is 12.6. The third-order valence-electron chi connectivity index (χ3n) is 3.45. The summed E-state index contributed by atoms with van der Waals surface area (Å²) >= 11 is 0. The van der Waals surface area contributed by atoms with E-state index < -0.39 is 23.7 Å². The number of aliphatic hydroxyl groups excluding tert-OH is 1. The Hall–Kier alpha value is -1.83. The first-order valence-corrected chi connectivity index (χ1v) is 6.56. The van der Waals surface area contributed by atoms with Crippen LogP contribution < -0.4 is 5.32 Å². The van der Waals surface area contributed by atoms with E-state index >= 15 is 0 Å². The number of amides is 1. The van der Waals surface area contributed by atoms with Gasteiger partial charge in [0.1, 0.15) is 5.69 Å². The molecule has 0 spiro atoms. The number of carbonyl (C=O) groups is 2. The van der Waals surface area contributed by atoms with E-state index in [2.05, 4.69) is 10.3 Å². The lowest BCUT2D eigenvalue weighted by Gasteiger charge is -2.32. The van der Waals surface area contributed by atoms with Gasteiger partial charge in [-0.1, -0.05) is 0 Å². The molecule has 0 fully saturated rings. The van der Waals surface area contributed by atoms with Gasteiger partial charge in [-0.15, -0.1) is 0 Å². The van der Waals surface area contributed by atoms with Crippen molar-refractivity contribution in [3.8, 4) is 0 Å². The summed E-state index contributed by atoms with van der Waals surface area (Å²) in [6.07, 6.45) is -7.57. The molecule has 1 amide bonds. The van der Waals surface area contributed by atoms with Crippen molar-refractivity contribution in [2.75, 3.05) is 0 Å². The Labute approximate surface area is 125 Å². The Morgan fingerprint density at radius 1 is 1.23 bits per heavy atom. The van der Waals surface area contributed by atoms with Crippen LogP contribution >= 0.6 is 0 Å². The SMILES string of the molecule is CC(=O)c1c(C)[nH]c(C(=O)NC(C)(C)C(O)C(F)(F)F)c1C. The number of ketones is 1. The molecule has 1 unspecified atom stereocenters. The van der Waals surface area contributed by atoms with E-state index in [1.807, 2.05) is 0 Å². The Bertz CT molecular complexity index is 603. The van der Waals surface area contributed by atoms with E-state index in [1.165, 1.54) is 13.8 Å². The number of hydrogen-bond donors (Lipinski definition) is 3. The average molecular weight is 320 g/mol. The van der Waals surface area contributed by atoms with Crippen molar-refractivity contribution in [1.29, 1.82) is 0 Å². The molecule has 124 valence electrons. The smallest absolute Gasteiger partial charge is 0.382 e. The van der Waals surface area contributed by atoms with Gasteiger partial charge in [-0.05, 0) is 40.2 Å². The largest absolute Gasteiger partial charge is 0.416 e. The van der Waals surface area contributed by atoms with Crippen molar-refractivity contribution in [2.24, 2.45) is 0 Å². The lowest BCUT2D eigenvalue weighted by molar-refractivity contribution is -0.222. The minimum atomic E-state index is -4.86. The van der Waals surface area contributed by atoms with Crippen LogP contribution in [0.2, 0.25) is 0 Å². The molecule has 1 heterocycles. The average Bonchev–Trinajstić information content (AvgIpc) is 2.62. The second kappa shape index (κ2) is 5.75. The highest BCUT2D eigenvalue weighted by atomic mass is 19.4. The van der Waals surface area contributed by atoms with Crippen LogP contribution in [-0.2, 0) is 0 Å². The highest BCUT2D eigenvalue weighted by molar-refractivity contribution is 6.02. The second-order valence-corrected chi connectivity index (χ2v) is 5.80. The van der Waals surface area contributed by atoms with Crippen LogP contribution in [0.4, 0.5) is 13.2 Å². The number of alkyl halides is 3. The second-order valence-electron chi connectivity index (χ2n) is 5.80. The molecule has 8 heteroatoms. The van der Waals surface area contributed by atoms with Crippen molar-refractivity contribution >= 4 is 11.7 Å². The fourth-order valence-electron chi connectivity index (χ4n) is 2.34. The highest BCUT2D eigenvalue weighted by Crippen LogP contribution is 2.28. The van der Waals surface area contributed by atoms with Crippen LogP contribution in [0, 0.1) is 13.8 Å². The Balaban J connectivity index is 3.09. The van der Waals surface area contributed by atoms with Crippen LogP contribution in [-0.4, -0.2) is 39.6 Å². The predicted octanol–water partition coefficient (Wildman–Crippen LogP) is 2.27. The molecule has 0 saturated carbocycles. The number of aryl methyl sites for hydroxylation is 1. The normalized spacial score (nSPS) is 13.9. The number of Topliss-reactive ketones (excluding diaryl/α,β-unsaturated/α-hetero) is 1. The number of hydrogen-bond acceptors (Lipinski definition) is 3. The number of aliphatic hydroxyl groups is 1. The summed E-state index contributed by atoms with van der Waals surface area (Å²) in [6, 6.07) is 0. The molecule has 0 aromatic carbocycles. The van der Waals surface area contributed by atoms with Gasteiger partial charge < -0.3 is 15.4 Å². The van der Waals surface area contributed by atoms with Crippen LogP contribution in [0.3, 0.4) is 0 Å². The van der Waals surface area contributed by atoms with Crippen molar-refractivity contribution in [3.05, 3.63) is 22.5 Å². The summed E-state index contributed by atoms with van der Waals surface area (Å²) in [5, 5.41) is 11.5. The molecule has 5 nitrogen and oxygen atoms in total. The molecule has 0 bridgehead atoms. The highest BCUT2D eigenvalue weighted by Gasteiger charge is 2.48. The summed E-state index contributed by atoms with van der Waals surface area (Å²) in [4.78, 5) is 26.4. The van der Waals surface area contributed by atoms with Crippen molar-refractivity contribution in [2.45, 2.75) is 52.4 Å². The minimum Gasteiger partial charge on any atom is -0.382 e. The lowest BCUT2D eigenvalue weighted by Crippen LogP contribution is -2.57. The summed E-state index contributed by atoms with van der Waals surface area (Å²) in [5.41, 5.74) is -0.759. The number of nitrogens with one attached hydrogen (secondary N) is 2. The molecule has 0 aliphatic carbocycles. The first-order valence-electron chi connectivity index (χ1n) is 6.56. The molecular weight excluding hydrogens is 301 g/mol. The summed E-state index contributed by atoms with van der Waals surface area (Å²) in [7, 11) is 0. The summed E-state index contributed by atoms with van der Waals surface area (Å²) in [5.74, 6) is -1.07. The number of carbonyl (C=O) groups excluding carboxylic acids is 2. The van der Waals surface area contributed by atoms with Gasteiger partial charge in [0.05, 0.1) is 5.54 Å². The summed E-state index contributed by atoms with van der Waals surface area (Å²) in [6.45, 7) is 6.60. The lowest BCUT2D eigenvalue weighted by atomic mass is 9.96. The third kappa shape index (κ3) is 3.49. The van der Waals surface area contributed by atoms with Gasteiger partial charge in [0.15, 0.2) is 11.9 Å². The molecule has 3 N–H and O–H groups in total. The zero-order chi connectivity index (χ0) is 17.5. The van der Waals surface area contributed by atoms with Crippen molar-refractivity contribution in [1.82, 2.24) is 10.3 Å². The quantitative estimate of drug-likeness (QED) is 0.744. The predicted molar refractivity (Wildman–Crippen MR) is 73.9 cm³/mol. The van der Waals surface area contributed by atoms with E-state index in [4.69, 9.17) is 0 Å². The zero-order valence-electron chi connectivity index (χ0n) is 13.0. The molecule has 0 saturated heterocycles.